The average molecular weight is 656 g/mol. The van der Waals surface area contributed by atoms with E-state index < -0.39 is 57.8 Å². The maximum Gasteiger partial charge on any atom is 0.410 e. The van der Waals surface area contributed by atoms with Gasteiger partial charge in [-0.25, -0.2) is 14.2 Å². The van der Waals surface area contributed by atoms with Crippen LogP contribution in [0.2, 0.25) is 5.15 Å². The quantitative estimate of drug-likeness (QED) is 0.121. The van der Waals surface area contributed by atoms with Gasteiger partial charge in [-0.05, 0) is 77.3 Å². The van der Waals surface area contributed by atoms with E-state index in [1.165, 1.54) is 17.0 Å². The van der Waals surface area contributed by atoms with Crippen LogP contribution in [0.15, 0.2) is 18.2 Å². The van der Waals surface area contributed by atoms with Crippen molar-refractivity contribution in [3.63, 3.8) is 0 Å². The van der Waals surface area contributed by atoms with Crippen LogP contribution in [-0.2, 0) is 21.4 Å². The van der Waals surface area contributed by atoms with Gasteiger partial charge in [-0.3, -0.25) is 24.6 Å². The van der Waals surface area contributed by atoms with Gasteiger partial charge in [0.15, 0.2) is 5.78 Å². The summed E-state index contributed by atoms with van der Waals surface area (Å²) in [4.78, 5) is 61.6. The number of hydrogen-bond acceptors (Lipinski definition) is 10. The SMILES string of the molecule is CC(Oc1cc(Cl)nc(C(=O)C2CCCC3(CCCc4ccc([N+](=O)[O-])c(C#N)c43)C2=O)n1)[C@@H]1[C@@H](F)CCN1C(=O)OC(C)(C)C. The number of aryl methyl sites for hydroxylation is 1. The average Bonchev–Trinajstić information content (AvgIpc) is 3.38. The maximum atomic E-state index is 15.0. The lowest BCUT2D eigenvalue weighted by atomic mass is 9.57. The number of nitro benzene ring substituents is 1. The lowest BCUT2D eigenvalue weighted by Gasteiger charge is -2.43. The van der Waals surface area contributed by atoms with Gasteiger partial charge >= 0.3 is 6.09 Å². The van der Waals surface area contributed by atoms with Crippen molar-refractivity contribution in [2.75, 3.05) is 6.54 Å². The smallest absolute Gasteiger partial charge is 0.410 e. The number of carbonyl (C=O) groups is 3. The minimum Gasteiger partial charge on any atom is -0.472 e. The first-order valence-electron chi connectivity index (χ1n) is 15.3. The van der Waals surface area contributed by atoms with Gasteiger partial charge in [0.25, 0.3) is 5.69 Å². The molecule has 2 aliphatic carbocycles. The van der Waals surface area contributed by atoms with Crippen LogP contribution in [0.1, 0.15) is 93.5 Å². The monoisotopic (exact) mass is 655 g/mol. The number of likely N-dealkylation sites (tertiary alicyclic amines) is 1. The fraction of sp³-hybridized carbons (Fsp3) is 0.562. The van der Waals surface area contributed by atoms with Crippen LogP contribution in [0.3, 0.4) is 0 Å². The number of ketones is 2. The molecule has 0 N–H and O–H groups in total. The van der Waals surface area contributed by atoms with E-state index in [4.69, 9.17) is 21.1 Å². The molecule has 0 bridgehead atoms. The predicted octanol–water partition coefficient (Wildman–Crippen LogP) is 5.85. The van der Waals surface area contributed by atoms with Crippen molar-refractivity contribution in [1.82, 2.24) is 14.9 Å². The molecule has 5 rings (SSSR count). The molecule has 1 aliphatic heterocycles. The number of nitriles is 1. The molecule has 1 saturated carbocycles. The Bertz CT molecular complexity index is 1640. The largest absolute Gasteiger partial charge is 0.472 e. The minimum absolute atomic E-state index is 0.0945. The Hall–Kier alpha value is -4.18. The zero-order valence-electron chi connectivity index (χ0n) is 26.0. The van der Waals surface area contributed by atoms with E-state index in [0.29, 0.717) is 43.2 Å². The standard InChI is InChI=1S/C32H35ClFN5O7/c1-17(26-21(34)11-14-38(26)30(42)46-31(2,3)4)45-24-15-23(33)36-29(37-24)27(40)19-8-6-13-32(28(19)41)12-5-7-18-9-10-22(39(43)44)20(16-35)25(18)32/h9-10,15,17,19,21,26H,5-8,11-14H2,1-4H3/t17?,19?,21-,26+,32?/m0/s1. The number of ether oxygens (including phenoxy) is 2. The highest BCUT2D eigenvalue weighted by atomic mass is 35.5. The van der Waals surface area contributed by atoms with E-state index in [0.717, 1.165) is 0 Å². The van der Waals surface area contributed by atoms with Gasteiger partial charge < -0.3 is 9.47 Å². The van der Waals surface area contributed by atoms with E-state index in [-0.39, 0.29) is 47.5 Å². The summed E-state index contributed by atoms with van der Waals surface area (Å²) in [5.41, 5.74) is -1.51. The zero-order valence-corrected chi connectivity index (χ0v) is 26.8. The predicted molar refractivity (Wildman–Crippen MR) is 162 cm³/mol. The third-order valence-corrected chi connectivity index (χ3v) is 9.18. The summed E-state index contributed by atoms with van der Waals surface area (Å²) in [7, 11) is 0. The summed E-state index contributed by atoms with van der Waals surface area (Å²) in [6, 6.07) is 5.10. The summed E-state index contributed by atoms with van der Waals surface area (Å²) >= 11 is 6.26. The second kappa shape index (κ2) is 12.5. The molecule has 14 heteroatoms. The van der Waals surface area contributed by atoms with Crippen LogP contribution in [0.4, 0.5) is 14.9 Å². The second-order valence-electron chi connectivity index (χ2n) is 13.1. The molecular formula is C32H35ClFN5O7. The maximum absolute atomic E-state index is 15.0. The van der Waals surface area contributed by atoms with Crippen LogP contribution in [0.5, 0.6) is 5.88 Å². The van der Waals surface area contributed by atoms with Crippen LogP contribution in [-0.4, -0.2) is 67.9 Å². The second-order valence-corrected chi connectivity index (χ2v) is 13.5. The third-order valence-electron chi connectivity index (χ3n) is 8.99. The van der Waals surface area contributed by atoms with Crippen molar-refractivity contribution in [3.05, 3.63) is 56.0 Å². The first-order chi connectivity index (χ1) is 21.7. The number of carbonyl (C=O) groups excluding carboxylic acids is 3. The van der Waals surface area contributed by atoms with Crippen molar-refractivity contribution < 1.29 is 33.2 Å². The molecule has 3 unspecified atom stereocenters. The minimum atomic E-state index is -1.40. The van der Waals surface area contributed by atoms with E-state index in [2.05, 4.69) is 9.97 Å². The lowest BCUT2D eigenvalue weighted by molar-refractivity contribution is -0.385. The Kier molecular flexibility index (Phi) is 9.05. The molecule has 2 aromatic rings. The first kappa shape index (κ1) is 33.2. The van der Waals surface area contributed by atoms with E-state index in [1.807, 2.05) is 6.07 Å². The number of aromatic nitrogens is 2. The van der Waals surface area contributed by atoms with Crippen molar-refractivity contribution >= 4 is 34.9 Å². The summed E-state index contributed by atoms with van der Waals surface area (Å²) in [6.45, 7) is 6.83. The Morgan fingerprint density at radius 3 is 2.63 bits per heavy atom. The van der Waals surface area contributed by atoms with Crippen molar-refractivity contribution in [1.29, 1.82) is 5.26 Å². The topological polar surface area (TPSA) is 166 Å². The normalized spacial score (nSPS) is 25.0. The molecule has 2 fully saturated rings. The lowest BCUT2D eigenvalue weighted by Crippen LogP contribution is -2.49. The summed E-state index contributed by atoms with van der Waals surface area (Å²) in [5, 5.41) is 21.6. The highest BCUT2D eigenvalue weighted by molar-refractivity contribution is 6.29. The van der Waals surface area contributed by atoms with Crippen molar-refractivity contribution in [2.45, 2.75) is 102 Å². The number of amides is 1. The van der Waals surface area contributed by atoms with Gasteiger partial charge in [0.1, 0.15) is 40.7 Å². The molecule has 5 atom stereocenters. The Balaban J connectivity index is 1.42. The van der Waals surface area contributed by atoms with Crippen LogP contribution in [0.25, 0.3) is 0 Å². The molecule has 46 heavy (non-hydrogen) atoms. The number of nitro groups is 1. The van der Waals surface area contributed by atoms with Crippen LogP contribution in [0, 0.1) is 27.4 Å². The summed E-state index contributed by atoms with van der Waals surface area (Å²) in [6.07, 6.45) is -0.384. The third kappa shape index (κ3) is 6.15. The number of Topliss-reactive ketones (excluding diaryl/α,β-unsaturated/α-hetero) is 2. The summed E-state index contributed by atoms with van der Waals surface area (Å²) in [5.74, 6) is -2.81. The van der Waals surface area contributed by atoms with Gasteiger partial charge in [-0.2, -0.15) is 10.2 Å². The van der Waals surface area contributed by atoms with Gasteiger partial charge in [0.2, 0.25) is 17.5 Å². The Morgan fingerprint density at radius 2 is 1.96 bits per heavy atom. The zero-order chi connectivity index (χ0) is 33.6. The molecule has 244 valence electrons. The molecule has 2 heterocycles. The Morgan fingerprint density at radius 1 is 1.24 bits per heavy atom. The number of nitrogens with zero attached hydrogens (tertiary/aromatic N) is 5. The highest BCUT2D eigenvalue weighted by Crippen LogP contribution is 2.50. The van der Waals surface area contributed by atoms with Gasteiger partial charge in [-0.1, -0.05) is 24.1 Å². The first-order valence-corrected chi connectivity index (χ1v) is 15.7. The van der Waals surface area contributed by atoms with E-state index in [9.17, 15) is 29.8 Å². The van der Waals surface area contributed by atoms with E-state index >= 15 is 4.39 Å². The van der Waals surface area contributed by atoms with Gasteiger partial charge in [-0.15, -0.1) is 0 Å². The number of fused-ring (bicyclic) bond motifs is 2. The molecule has 12 nitrogen and oxygen atoms in total. The van der Waals surface area contributed by atoms with Crippen LogP contribution >= 0.6 is 11.6 Å². The van der Waals surface area contributed by atoms with E-state index in [1.54, 1.807) is 33.8 Å². The molecule has 3 aliphatic rings. The molecule has 1 saturated heterocycles. The number of benzene rings is 1. The number of hydrogen-bond donors (Lipinski definition) is 0. The molecule has 1 aromatic carbocycles. The van der Waals surface area contributed by atoms with Crippen molar-refractivity contribution in [3.8, 4) is 11.9 Å². The van der Waals surface area contributed by atoms with Gasteiger partial charge in [0, 0.05) is 18.7 Å². The number of alkyl halides is 1. The molecule has 0 radical (unpaired) electrons. The summed E-state index contributed by atoms with van der Waals surface area (Å²) < 4.78 is 26.4. The number of rotatable bonds is 6. The molecule has 1 aromatic heterocycles. The molecule has 1 spiro atoms. The molecular weight excluding hydrogens is 621 g/mol. The fourth-order valence-electron chi connectivity index (χ4n) is 7.15. The van der Waals surface area contributed by atoms with Gasteiger partial charge in [0.05, 0.1) is 16.3 Å². The molecule has 1 amide bonds. The highest BCUT2D eigenvalue weighted by Gasteiger charge is 2.52. The number of halogens is 2. The Labute approximate surface area is 270 Å². The fourth-order valence-corrected chi connectivity index (χ4v) is 7.32. The van der Waals surface area contributed by atoms with Crippen molar-refractivity contribution in [2.24, 2.45) is 5.92 Å². The van der Waals surface area contributed by atoms with Crippen LogP contribution < -0.4 is 4.74 Å².